The molecule has 0 aliphatic carbocycles. The van der Waals surface area contributed by atoms with E-state index in [0.29, 0.717) is 32.2 Å². The molecule has 2 aromatic rings. The topological polar surface area (TPSA) is 162 Å². The third-order valence-corrected chi connectivity index (χ3v) is 8.28. The Kier molecular flexibility index (Phi) is 46.3. The van der Waals surface area contributed by atoms with Crippen molar-refractivity contribution >= 4 is 30.1 Å². The number of ether oxygens (including phenoxy) is 2. The van der Waals surface area contributed by atoms with E-state index in [4.69, 9.17) is 5.11 Å². The minimum atomic E-state index is -0.749. The van der Waals surface area contributed by atoms with E-state index in [0.717, 1.165) is 56.8 Å². The van der Waals surface area contributed by atoms with E-state index in [1.165, 1.54) is 91.0 Å². The number of aliphatic carboxylic acids is 1. The van der Waals surface area contributed by atoms with E-state index >= 15 is 0 Å². The molecule has 0 unspecified atom stereocenters. The molecule has 0 heterocycles. The molecule has 55 heavy (non-hydrogen) atoms. The molecule has 4 N–H and O–H groups in total. The van der Waals surface area contributed by atoms with Crippen molar-refractivity contribution in [2.45, 2.75) is 155 Å². The molecular weight excluding hydrogens is 697 g/mol. The lowest BCUT2D eigenvalue weighted by atomic mass is 10.0. The first-order chi connectivity index (χ1) is 26.8. The summed E-state index contributed by atoms with van der Waals surface area (Å²) in [7, 11) is 4.36. The molecule has 2 rings (SSSR count). The highest BCUT2D eigenvalue weighted by atomic mass is 16.5. The van der Waals surface area contributed by atoms with Gasteiger partial charge in [-0.25, -0.2) is 0 Å². The number of unbranched alkanes of at least 4 members (excludes halogenated alkanes) is 15. The van der Waals surface area contributed by atoms with Crippen molar-refractivity contribution in [3.05, 3.63) is 71.8 Å². The van der Waals surface area contributed by atoms with Crippen LogP contribution < -0.4 is 11.1 Å². The number of carboxylic acid groups (broad SMARTS) is 1. The smallest absolute Gasteiger partial charge is 0.305 e. The number of rotatable bonds is 27. The number of hydrogen-bond acceptors (Lipinski definition) is 8. The Morgan fingerprint density at radius 1 is 0.564 bits per heavy atom. The normalized spacial score (nSPS) is 9.56. The summed E-state index contributed by atoms with van der Waals surface area (Å²) >= 11 is 0. The van der Waals surface area contributed by atoms with Gasteiger partial charge in [-0.15, -0.1) is 0 Å². The maximum absolute atomic E-state index is 11.7. The molecule has 0 saturated heterocycles. The van der Waals surface area contributed by atoms with Crippen molar-refractivity contribution in [2.75, 3.05) is 27.8 Å². The largest absolute Gasteiger partial charge is 0.481 e. The molecule has 2 aromatic carbocycles. The van der Waals surface area contributed by atoms with E-state index in [-0.39, 0.29) is 24.3 Å². The third kappa shape index (κ3) is 44.2. The lowest BCUT2D eigenvalue weighted by molar-refractivity contribution is -0.141. The SMILES string of the molecule is CC.CN.COC(=O)CCCCCCCCCCCCCCCCC(=O)NCCCCCC(=O)O.COC(=O)CCc1ccccc1.O=Cc1ccccc1. The van der Waals surface area contributed by atoms with Gasteiger partial charge in [-0.2, -0.15) is 0 Å². The van der Waals surface area contributed by atoms with Gasteiger partial charge in [-0.1, -0.05) is 158 Å². The Bertz CT molecular complexity index is 1150. The van der Waals surface area contributed by atoms with Gasteiger partial charge < -0.3 is 25.6 Å². The Balaban J connectivity index is -0.000000903. The Labute approximate surface area is 333 Å². The molecule has 0 aliphatic heterocycles. The van der Waals surface area contributed by atoms with Gasteiger partial charge in [0.2, 0.25) is 5.91 Å². The number of nitrogens with one attached hydrogen (secondary N) is 1. The number of benzene rings is 2. The molecule has 314 valence electrons. The van der Waals surface area contributed by atoms with Crippen LogP contribution in [0.25, 0.3) is 0 Å². The van der Waals surface area contributed by atoms with Crippen LogP contribution in [0.5, 0.6) is 0 Å². The van der Waals surface area contributed by atoms with E-state index in [1.807, 2.05) is 62.4 Å². The fourth-order valence-electron chi connectivity index (χ4n) is 5.20. The van der Waals surface area contributed by atoms with Crippen LogP contribution in [0, 0.1) is 0 Å². The van der Waals surface area contributed by atoms with Crippen molar-refractivity contribution in [1.29, 1.82) is 0 Å². The molecule has 10 nitrogen and oxygen atoms in total. The highest BCUT2D eigenvalue weighted by molar-refractivity contribution is 5.75. The van der Waals surface area contributed by atoms with Crippen LogP contribution >= 0.6 is 0 Å². The molecule has 0 radical (unpaired) electrons. The summed E-state index contributed by atoms with van der Waals surface area (Å²) < 4.78 is 9.17. The summed E-state index contributed by atoms with van der Waals surface area (Å²) in [6.45, 7) is 4.66. The van der Waals surface area contributed by atoms with Crippen molar-refractivity contribution in [3.63, 3.8) is 0 Å². The number of aldehydes is 1. The lowest BCUT2D eigenvalue weighted by Crippen LogP contribution is -2.23. The molecule has 10 heteroatoms. The van der Waals surface area contributed by atoms with Crippen LogP contribution in [0.4, 0.5) is 0 Å². The molecule has 0 bridgehead atoms. The number of aryl methyl sites for hydroxylation is 1. The number of nitrogens with two attached hydrogens (primary N) is 1. The van der Waals surface area contributed by atoms with Crippen LogP contribution in [0.3, 0.4) is 0 Å². The summed E-state index contributed by atoms with van der Waals surface area (Å²) in [5.41, 5.74) is 6.40. The van der Waals surface area contributed by atoms with Crippen LogP contribution in [0.1, 0.15) is 165 Å². The van der Waals surface area contributed by atoms with E-state index < -0.39 is 5.97 Å². The van der Waals surface area contributed by atoms with Crippen molar-refractivity contribution in [2.24, 2.45) is 5.73 Å². The molecule has 0 saturated carbocycles. The van der Waals surface area contributed by atoms with Gasteiger partial charge in [0.25, 0.3) is 0 Å². The Morgan fingerprint density at radius 3 is 1.36 bits per heavy atom. The van der Waals surface area contributed by atoms with Crippen LogP contribution in [-0.2, 0) is 35.1 Å². The zero-order chi connectivity index (χ0) is 41.6. The number of carbonyl (C=O) groups is 5. The Hall–Kier alpha value is -4.05. The molecule has 1 amide bonds. The molecule has 0 aliphatic rings. The van der Waals surface area contributed by atoms with Gasteiger partial charge in [0.05, 0.1) is 14.2 Å². The fraction of sp³-hybridized carbons (Fsp3) is 0.622. The fourth-order valence-corrected chi connectivity index (χ4v) is 5.20. The second-order valence-electron chi connectivity index (χ2n) is 12.7. The average molecular weight is 773 g/mol. The van der Waals surface area contributed by atoms with Crippen LogP contribution in [-0.4, -0.2) is 63.0 Å². The monoisotopic (exact) mass is 773 g/mol. The molecule has 0 atom stereocenters. The van der Waals surface area contributed by atoms with Gasteiger partial charge in [-0.05, 0) is 44.7 Å². The van der Waals surface area contributed by atoms with Gasteiger partial charge in [-0.3, -0.25) is 24.0 Å². The second kappa shape index (κ2) is 46.1. The maximum atomic E-state index is 11.7. The van der Waals surface area contributed by atoms with E-state index in [1.54, 1.807) is 12.1 Å². The number of carboxylic acids is 1. The zero-order valence-electron chi connectivity index (χ0n) is 35.0. The van der Waals surface area contributed by atoms with Gasteiger partial charge in [0.1, 0.15) is 6.29 Å². The predicted octanol–water partition coefficient (Wildman–Crippen LogP) is 10.1. The van der Waals surface area contributed by atoms with Crippen molar-refractivity contribution in [1.82, 2.24) is 5.32 Å². The number of hydrogen-bond donors (Lipinski definition) is 3. The molecule has 0 fully saturated rings. The number of esters is 2. The quantitative estimate of drug-likeness (QED) is 0.0456. The first-order valence-electron chi connectivity index (χ1n) is 20.6. The van der Waals surface area contributed by atoms with Crippen molar-refractivity contribution < 1.29 is 38.6 Å². The second-order valence-corrected chi connectivity index (χ2v) is 12.7. The molecule has 0 spiro atoms. The van der Waals surface area contributed by atoms with Gasteiger partial charge in [0.15, 0.2) is 0 Å². The van der Waals surface area contributed by atoms with Crippen LogP contribution in [0.15, 0.2) is 60.7 Å². The zero-order valence-corrected chi connectivity index (χ0v) is 35.0. The summed E-state index contributed by atoms with van der Waals surface area (Å²) in [5, 5.41) is 11.5. The highest BCUT2D eigenvalue weighted by Gasteiger charge is 2.03. The van der Waals surface area contributed by atoms with Gasteiger partial charge >= 0.3 is 17.9 Å². The first kappa shape index (κ1) is 55.3. The molecule has 0 aromatic heterocycles. The van der Waals surface area contributed by atoms with Crippen molar-refractivity contribution in [3.8, 4) is 0 Å². The summed E-state index contributed by atoms with van der Waals surface area (Å²) in [4.78, 5) is 53.9. The first-order valence-corrected chi connectivity index (χ1v) is 20.6. The maximum Gasteiger partial charge on any atom is 0.305 e. The summed E-state index contributed by atoms with van der Waals surface area (Å²) in [6.07, 6.45) is 22.9. The summed E-state index contributed by atoms with van der Waals surface area (Å²) in [5.74, 6) is -0.870. The number of methoxy groups -OCH3 is 2. The van der Waals surface area contributed by atoms with E-state index in [9.17, 15) is 24.0 Å². The molecular formula is C45H76N2O8. The highest BCUT2D eigenvalue weighted by Crippen LogP contribution is 2.14. The number of carbonyl (C=O) groups excluding carboxylic acids is 4. The minimum absolute atomic E-state index is 0.0937. The lowest BCUT2D eigenvalue weighted by Gasteiger charge is -2.05. The standard InChI is InChI=1S/C25H47NO5.C10H12O2.C7H6O.C2H6.CH5N/c1-31-25(30)21-17-13-11-9-7-5-3-2-4-6-8-10-12-15-19-23(27)26-22-18-14-16-20-24(28)29;1-12-10(11)8-7-9-5-3-2-4-6-9;8-6-7-4-2-1-3-5-7;2*1-2/h2-22H2,1H3,(H,26,27)(H,28,29);2-6H,7-8H2,1H3;1-6H;1-2H3;2H2,1H3. The predicted molar refractivity (Wildman–Crippen MR) is 225 cm³/mol. The van der Waals surface area contributed by atoms with E-state index in [2.05, 4.69) is 20.5 Å². The third-order valence-electron chi connectivity index (χ3n) is 8.28. The minimum Gasteiger partial charge on any atom is -0.481 e. The van der Waals surface area contributed by atoms with Gasteiger partial charge in [0, 0.05) is 37.8 Å². The Morgan fingerprint density at radius 2 is 0.945 bits per heavy atom. The number of amides is 1. The summed E-state index contributed by atoms with van der Waals surface area (Å²) in [6, 6.07) is 19.0. The van der Waals surface area contributed by atoms with Crippen LogP contribution in [0.2, 0.25) is 0 Å². The average Bonchev–Trinajstić information content (AvgIpc) is 3.23.